The van der Waals surface area contributed by atoms with Crippen LogP contribution in [0.15, 0.2) is 48.5 Å². The number of fused-ring (bicyclic) bond motifs is 1. The molecule has 0 radical (unpaired) electrons. The summed E-state index contributed by atoms with van der Waals surface area (Å²) >= 11 is 0. The summed E-state index contributed by atoms with van der Waals surface area (Å²) in [6.45, 7) is 1.03. The first-order chi connectivity index (χ1) is 11.2. The van der Waals surface area contributed by atoms with Crippen molar-refractivity contribution >= 4 is 16.9 Å². The van der Waals surface area contributed by atoms with E-state index in [0.29, 0.717) is 24.4 Å². The highest BCUT2D eigenvalue weighted by molar-refractivity contribution is 5.98. The molecule has 6 heteroatoms. The molecule has 1 amide bonds. The molecule has 0 unspecified atom stereocenters. The highest BCUT2D eigenvalue weighted by Gasteiger charge is 2.14. The minimum absolute atomic E-state index is 0.495. The van der Waals surface area contributed by atoms with Gasteiger partial charge in [0.2, 0.25) is 0 Å². The average molecular weight is 311 g/mol. The van der Waals surface area contributed by atoms with E-state index >= 15 is 0 Å². The van der Waals surface area contributed by atoms with Crippen molar-refractivity contribution in [3.63, 3.8) is 0 Å². The lowest BCUT2D eigenvalue weighted by atomic mass is 10.1. The van der Waals surface area contributed by atoms with Gasteiger partial charge in [0.25, 0.3) is 0 Å². The predicted octanol–water partition coefficient (Wildman–Crippen LogP) is 2.66. The molecule has 0 aliphatic carbocycles. The van der Waals surface area contributed by atoms with Crippen molar-refractivity contribution in [3.05, 3.63) is 48.5 Å². The number of ether oxygens (including phenoxy) is 2. The zero-order valence-electron chi connectivity index (χ0n) is 12.7. The Morgan fingerprint density at radius 1 is 1.13 bits per heavy atom. The van der Waals surface area contributed by atoms with Crippen molar-refractivity contribution in [3.8, 4) is 17.0 Å². The topological polar surface area (TPSA) is 79.4 Å². The third-order valence-electron chi connectivity index (χ3n) is 3.48. The van der Waals surface area contributed by atoms with Gasteiger partial charge in [-0.25, -0.2) is 4.79 Å². The lowest BCUT2D eigenvalue weighted by molar-refractivity contribution is 0.146. The zero-order chi connectivity index (χ0) is 16.2. The Kier molecular flexibility index (Phi) is 4.25. The number of carbonyl (C=O) groups is 1. The van der Waals surface area contributed by atoms with Crippen LogP contribution >= 0.6 is 0 Å². The summed E-state index contributed by atoms with van der Waals surface area (Å²) in [5.74, 6) is 0.754. The first-order valence-electron chi connectivity index (χ1n) is 7.20. The fourth-order valence-corrected chi connectivity index (χ4v) is 2.40. The second-order valence-electron chi connectivity index (χ2n) is 4.98. The van der Waals surface area contributed by atoms with Gasteiger partial charge >= 0.3 is 6.03 Å². The Morgan fingerprint density at radius 3 is 2.57 bits per heavy atom. The SMILES string of the molecule is COCCOc1ccc(-c2nn(C(N)=O)c3ccccc23)cc1. The Labute approximate surface area is 133 Å². The van der Waals surface area contributed by atoms with E-state index in [1.807, 2.05) is 48.5 Å². The third-order valence-corrected chi connectivity index (χ3v) is 3.48. The van der Waals surface area contributed by atoms with Crippen LogP contribution in [0, 0.1) is 0 Å². The van der Waals surface area contributed by atoms with Crippen molar-refractivity contribution in [2.45, 2.75) is 0 Å². The fraction of sp³-hybridized carbons (Fsp3) is 0.176. The number of nitrogens with zero attached hydrogens (tertiary/aromatic N) is 2. The number of rotatable bonds is 5. The molecule has 2 aromatic carbocycles. The maximum Gasteiger partial charge on any atom is 0.340 e. The highest BCUT2D eigenvalue weighted by Crippen LogP contribution is 2.29. The number of primary amides is 1. The highest BCUT2D eigenvalue weighted by atomic mass is 16.5. The summed E-state index contributed by atoms with van der Waals surface area (Å²) in [5.41, 5.74) is 7.68. The van der Waals surface area contributed by atoms with Crippen LogP contribution < -0.4 is 10.5 Å². The summed E-state index contributed by atoms with van der Waals surface area (Å²) < 4.78 is 11.7. The van der Waals surface area contributed by atoms with Crippen LogP contribution in [0.25, 0.3) is 22.2 Å². The van der Waals surface area contributed by atoms with Crippen molar-refractivity contribution in [1.29, 1.82) is 0 Å². The first kappa shape index (κ1) is 15.1. The molecule has 6 nitrogen and oxygen atoms in total. The van der Waals surface area contributed by atoms with Crippen LogP contribution in [0.4, 0.5) is 4.79 Å². The molecule has 3 rings (SSSR count). The number of nitrogens with two attached hydrogens (primary N) is 1. The maximum absolute atomic E-state index is 11.6. The van der Waals surface area contributed by atoms with Crippen LogP contribution in [0.3, 0.4) is 0 Å². The maximum atomic E-state index is 11.6. The van der Waals surface area contributed by atoms with Gasteiger partial charge < -0.3 is 15.2 Å². The van der Waals surface area contributed by atoms with E-state index < -0.39 is 6.03 Å². The van der Waals surface area contributed by atoms with Gasteiger partial charge in [0.15, 0.2) is 0 Å². The molecule has 23 heavy (non-hydrogen) atoms. The van der Waals surface area contributed by atoms with Crippen molar-refractivity contribution in [2.24, 2.45) is 5.73 Å². The number of methoxy groups -OCH3 is 1. The monoisotopic (exact) mass is 311 g/mol. The van der Waals surface area contributed by atoms with Crippen LogP contribution in [0.2, 0.25) is 0 Å². The molecular weight excluding hydrogens is 294 g/mol. The van der Waals surface area contributed by atoms with Crippen molar-refractivity contribution in [1.82, 2.24) is 9.78 Å². The summed E-state index contributed by atoms with van der Waals surface area (Å²) in [6, 6.07) is 14.4. The van der Waals surface area contributed by atoms with Gasteiger partial charge in [-0.2, -0.15) is 9.78 Å². The second kappa shape index (κ2) is 6.50. The van der Waals surface area contributed by atoms with Gasteiger partial charge in [0, 0.05) is 18.1 Å². The van der Waals surface area contributed by atoms with Crippen LogP contribution in [-0.2, 0) is 4.74 Å². The molecular formula is C17H17N3O3. The van der Waals surface area contributed by atoms with E-state index in [4.69, 9.17) is 15.2 Å². The molecule has 0 fully saturated rings. The van der Waals surface area contributed by atoms with Crippen molar-refractivity contribution < 1.29 is 14.3 Å². The van der Waals surface area contributed by atoms with Gasteiger partial charge in [0.05, 0.1) is 12.1 Å². The van der Waals surface area contributed by atoms with Gasteiger partial charge in [0.1, 0.15) is 18.1 Å². The van der Waals surface area contributed by atoms with Crippen LogP contribution in [-0.4, -0.2) is 36.1 Å². The fourth-order valence-electron chi connectivity index (χ4n) is 2.40. The number of hydrogen-bond acceptors (Lipinski definition) is 4. The molecule has 1 heterocycles. The molecule has 0 atom stereocenters. The van der Waals surface area contributed by atoms with Gasteiger partial charge in [-0.05, 0) is 30.3 Å². The Balaban J connectivity index is 1.95. The predicted molar refractivity (Wildman–Crippen MR) is 87.5 cm³/mol. The molecule has 0 spiro atoms. The normalized spacial score (nSPS) is 10.8. The Morgan fingerprint density at radius 2 is 1.87 bits per heavy atom. The summed E-state index contributed by atoms with van der Waals surface area (Å²) in [6.07, 6.45) is 0. The van der Waals surface area contributed by atoms with Gasteiger partial charge in [-0.3, -0.25) is 0 Å². The second-order valence-corrected chi connectivity index (χ2v) is 4.98. The Hall–Kier alpha value is -2.86. The smallest absolute Gasteiger partial charge is 0.340 e. The Bertz CT molecular complexity index is 825. The van der Waals surface area contributed by atoms with Gasteiger partial charge in [-0.1, -0.05) is 18.2 Å². The number of aromatic nitrogens is 2. The molecule has 0 saturated heterocycles. The standard InChI is InChI=1S/C17H17N3O3/c1-22-10-11-23-13-8-6-12(7-9-13)16-14-4-2-3-5-15(14)20(19-16)17(18)21/h2-9H,10-11H2,1H3,(H2,18,21). The van der Waals surface area contributed by atoms with E-state index in [1.54, 1.807) is 7.11 Å². The molecule has 0 aliphatic rings. The van der Waals surface area contributed by atoms with Crippen LogP contribution in [0.1, 0.15) is 0 Å². The number of carbonyl (C=O) groups excluding carboxylic acids is 1. The quantitative estimate of drug-likeness (QED) is 0.735. The van der Waals surface area contributed by atoms with E-state index in [9.17, 15) is 4.79 Å². The molecule has 2 N–H and O–H groups in total. The zero-order valence-corrected chi connectivity index (χ0v) is 12.7. The number of para-hydroxylation sites is 1. The third kappa shape index (κ3) is 3.02. The summed E-state index contributed by atoms with van der Waals surface area (Å²) in [4.78, 5) is 11.6. The molecule has 0 bridgehead atoms. The number of hydrogen-bond donors (Lipinski definition) is 1. The van der Waals surface area contributed by atoms with Crippen LogP contribution in [0.5, 0.6) is 5.75 Å². The average Bonchev–Trinajstić information content (AvgIpc) is 2.96. The van der Waals surface area contributed by atoms with Gasteiger partial charge in [-0.15, -0.1) is 0 Å². The molecule has 1 aromatic heterocycles. The van der Waals surface area contributed by atoms with E-state index in [1.165, 1.54) is 4.68 Å². The minimum Gasteiger partial charge on any atom is -0.491 e. The lowest BCUT2D eigenvalue weighted by Gasteiger charge is -2.06. The van der Waals surface area contributed by atoms with E-state index in [2.05, 4.69) is 5.10 Å². The minimum atomic E-state index is -0.605. The molecule has 3 aromatic rings. The molecule has 0 saturated carbocycles. The first-order valence-corrected chi connectivity index (χ1v) is 7.20. The summed E-state index contributed by atoms with van der Waals surface area (Å²) in [5, 5.41) is 5.22. The number of amides is 1. The van der Waals surface area contributed by atoms with E-state index in [-0.39, 0.29) is 0 Å². The molecule has 0 aliphatic heterocycles. The summed E-state index contributed by atoms with van der Waals surface area (Å²) in [7, 11) is 1.63. The molecule has 118 valence electrons. The lowest BCUT2D eigenvalue weighted by Crippen LogP contribution is -2.20. The van der Waals surface area contributed by atoms with Crippen molar-refractivity contribution in [2.75, 3.05) is 20.3 Å². The largest absolute Gasteiger partial charge is 0.491 e. The van der Waals surface area contributed by atoms with E-state index in [0.717, 1.165) is 16.7 Å². The number of benzene rings is 2.